The maximum absolute atomic E-state index is 13.1. The monoisotopic (exact) mass is 452 g/mol. The smallest absolute Gasteiger partial charge is 0.352 e. The molecule has 1 aliphatic rings. The van der Waals surface area contributed by atoms with E-state index < -0.39 is 12.1 Å². The zero-order valence-electron chi connectivity index (χ0n) is 17.5. The number of carboxylic acid groups (broad SMARTS) is 1. The van der Waals surface area contributed by atoms with Crippen molar-refractivity contribution in [3.63, 3.8) is 0 Å². The third-order valence-electron chi connectivity index (χ3n) is 5.49. The van der Waals surface area contributed by atoms with E-state index in [1.807, 2.05) is 13.0 Å². The first-order valence-corrected chi connectivity index (χ1v) is 10.6. The number of thiophene rings is 1. The average molecular weight is 452 g/mol. The highest BCUT2D eigenvalue weighted by atomic mass is 32.1. The van der Waals surface area contributed by atoms with Crippen LogP contribution in [0.25, 0.3) is 21.1 Å². The predicted molar refractivity (Wildman–Crippen MR) is 121 cm³/mol. The lowest BCUT2D eigenvalue weighted by atomic mass is 10.0. The van der Waals surface area contributed by atoms with Crippen molar-refractivity contribution in [3.8, 4) is 5.75 Å². The zero-order valence-corrected chi connectivity index (χ0v) is 18.3. The van der Waals surface area contributed by atoms with E-state index in [9.17, 15) is 14.7 Å². The second kappa shape index (κ2) is 7.50. The topological polar surface area (TPSA) is 126 Å². The highest BCUT2D eigenvalue weighted by Gasteiger charge is 2.34. The minimum Gasteiger partial charge on any atom is -0.497 e. The lowest BCUT2D eigenvalue weighted by Gasteiger charge is -2.27. The molecule has 0 aliphatic carbocycles. The number of hydrogen-bond acceptors (Lipinski definition) is 7. The first kappa shape index (κ1) is 20.3. The number of methoxy groups -OCH3 is 2. The van der Waals surface area contributed by atoms with Gasteiger partial charge in [0.1, 0.15) is 27.3 Å². The van der Waals surface area contributed by atoms with Crippen molar-refractivity contribution in [1.29, 1.82) is 0 Å². The van der Waals surface area contributed by atoms with Gasteiger partial charge < -0.3 is 30.2 Å². The van der Waals surface area contributed by atoms with Crippen molar-refractivity contribution in [1.82, 2.24) is 15.3 Å². The minimum atomic E-state index is -1.12. The van der Waals surface area contributed by atoms with Crippen molar-refractivity contribution in [2.24, 2.45) is 0 Å². The van der Waals surface area contributed by atoms with Gasteiger partial charge in [0.05, 0.1) is 24.9 Å². The van der Waals surface area contributed by atoms with Crippen molar-refractivity contribution >= 4 is 50.0 Å². The Bertz CT molecular complexity index is 1410. The second-order valence-corrected chi connectivity index (χ2v) is 8.52. The van der Waals surface area contributed by atoms with Crippen LogP contribution in [-0.4, -0.2) is 41.2 Å². The highest BCUT2D eigenvalue weighted by molar-refractivity contribution is 7.21. The van der Waals surface area contributed by atoms with Gasteiger partial charge in [0, 0.05) is 35.2 Å². The number of fused-ring (bicyclic) bond motifs is 4. The van der Waals surface area contributed by atoms with E-state index in [-0.39, 0.29) is 11.6 Å². The molecule has 164 valence electrons. The number of pyridine rings is 1. The lowest BCUT2D eigenvalue weighted by Crippen LogP contribution is -2.38. The second-order valence-electron chi connectivity index (χ2n) is 7.52. The highest BCUT2D eigenvalue weighted by Crippen LogP contribution is 2.43. The van der Waals surface area contributed by atoms with Gasteiger partial charge in [0.2, 0.25) is 0 Å². The van der Waals surface area contributed by atoms with Gasteiger partial charge in [-0.15, -0.1) is 11.3 Å². The molecule has 0 unspecified atom stereocenters. The van der Waals surface area contributed by atoms with Gasteiger partial charge in [-0.05, 0) is 30.7 Å². The number of aryl methyl sites for hydroxylation is 1. The molecule has 0 radical (unpaired) electrons. The van der Waals surface area contributed by atoms with Crippen LogP contribution in [0.2, 0.25) is 0 Å². The molecule has 0 saturated carbocycles. The molecular formula is C22H20N4O5S. The molecular weight excluding hydrogens is 432 g/mol. The van der Waals surface area contributed by atoms with Gasteiger partial charge >= 0.3 is 5.97 Å². The third kappa shape index (κ3) is 3.07. The van der Waals surface area contributed by atoms with Crippen LogP contribution in [0.15, 0.2) is 24.3 Å². The predicted octanol–water partition coefficient (Wildman–Crippen LogP) is 3.79. The summed E-state index contributed by atoms with van der Waals surface area (Å²) in [7, 11) is 3.16. The SMILES string of the molecule is COCc1cc(C)nc2sc3c(c12)N[C@@H](c1c(C(=O)O)[nH]c2cc(OC)ccc12)NC3=O. The number of hydrogen-bond donors (Lipinski definition) is 4. The van der Waals surface area contributed by atoms with E-state index in [1.54, 1.807) is 32.4 Å². The minimum absolute atomic E-state index is 0.000114. The molecule has 4 N–H and O–H groups in total. The van der Waals surface area contributed by atoms with Crippen LogP contribution in [0, 0.1) is 6.92 Å². The number of benzene rings is 1. The van der Waals surface area contributed by atoms with Gasteiger partial charge in [0.25, 0.3) is 5.91 Å². The molecule has 4 heterocycles. The van der Waals surface area contributed by atoms with Crippen LogP contribution in [0.3, 0.4) is 0 Å². The summed E-state index contributed by atoms with van der Waals surface area (Å²) in [6.45, 7) is 2.26. The van der Waals surface area contributed by atoms with E-state index in [1.165, 1.54) is 11.3 Å². The Balaban J connectivity index is 1.69. The molecule has 5 rings (SSSR count). The Morgan fingerprint density at radius 1 is 1.25 bits per heavy atom. The van der Waals surface area contributed by atoms with Crippen molar-refractivity contribution in [3.05, 3.63) is 51.7 Å². The van der Waals surface area contributed by atoms with Gasteiger partial charge in [-0.25, -0.2) is 9.78 Å². The molecule has 1 aromatic carbocycles. The van der Waals surface area contributed by atoms with E-state index in [4.69, 9.17) is 9.47 Å². The Hall–Kier alpha value is -3.63. The van der Waals surface area contributed by atoms with Crippen LogP contribution in [0.4, 0.5) is 5.69 Å². The Morgan fingerprint density at radius 3 is 2.78 bits per heavy atom. The van der Waals surface area contributed by atoms with Gasteiger partial charge in [-0.1, -0.05) is 0 Å². The molecule has 0 spiro atoms. The molecule has 0 bridgehead atoms. The molecule has 1 atom stereocenters. The largest absolute Gasteiger partial charge is 0.497 e. The molecule has 1 amide bonds. The number of aromatic amines is 1. The first-order chi connectivity index (χ1) is 15.4. The van der Waals surface area contributed by atoms with E-state index in [2.05, 4.69) is 20.6 Å². The molecule has 32 heavy (non-hydrogen) atoms. The van der Waals surface area contributed by atoms with Crippen LogP contribution >= 0.6 is 11.3 Å². The summed E-state index contributed by atoms with van der Waals surface area (Å²) < 4.78 is 10.6. The number of rotatable bonds is 5. The number of nitrogens with one attached hydrogen (secondary N) is 3. The average Bonchev–Trinajstić information content (AvgIpc) is 3.32. The number of nitrogens with zero attached hydrogens (tertiary/aromatic N) is 1. The third-order valence-corrected chi connectivity index (χ3v) is 6.57. The summed E-state index contributed by atoms with van der Waals surface area (Å²) in [5.41, 5.74) is 3.43. The molecule has 10 heteroatoms. The molecule has 0 saturated heterocycles. The number of carbonyl (C=O) groups is 2. The van der Waals surface area contributed by atoms with Crippen molar-refractivity contribution < 1.29 is 24.2 Å². The number of aromatic carboxylic acids is 1. The maximum Gasteiger partial charge on any atom is 0.352 e. The van der Waals surface area contributed by atoms with Crippen LogP contribution in [0.5, 0.6) is 5.75 Å². The number of anilines is 1. The summed E-state index contributed by atoms with van der Waals surface area (Å²) >= 11 is 1.30. The molecule has 0 fully saturated rings. The van der Waals surface area contributed by atoms with Crippen LogP contribution < -0.4 is 15.4 Å². The zero-order chi connectivity index (χ0) is 22.6. The summed E-state index contributed by atoms with van der Waals surface area (Å²) in [5.74, 6) is -0.809. The number of aromatic nitrogens is 2. The molecule has 1 aliphatic heterocycles. The number of carbonyl (C=O) groups excluding carboxylic acids is 1. The van der Waals surface area contributed by atoms with Crippen molar-refractivity contribution in [2.45, 2.75) is 19.7 Å². The molecule has 3 aromatic heterocycles. The number of H-pyrrole nitrogens is 1. The number of carboxylic acids is 1. The Morgan fingerprint density at radius 2 is 2.06 bits per heavy atom. The van der Waals surface area contributed by atoms with E-state index in [0.717, 1.165) is 21.5 Å². The summed E-state index contributed by atoms with van der Waals surface area (Å²) in [4.78, 5) is 33.8. The summed E-state index contributed by atoms with van der Waals surface area (Å²) in [5, 5.41) is 17.6. The van der Waals surface area contributed by atoms with Gasteiger partial charge in [0.15, 0.2) is 0 Å². The van der Waals surface area contributed by atoms with Crippen molar-refractivity contribution in [2.75, 3.05) is 19.5 Å². The quantitative estimate of drug-likeness (QED) is 0.363. The number of amides is 1. The fraction of sp³-hybridized carbons (Fsp3) is 0.227. The molecule has 4 aromatic rings. The normalized spacial score (nSPS) is 15.5. The van der Waals surface area contributed by atoms with Gasteiger partial charge in [-0.3, -0.25) is 4.79 Å². The Kier molecular flexibility index (Phi) is 4.75. The first-order valence-electron chi connectivity index (χ1n) is 9.83. The Labute approximate surface area is 186 Å². The maximum atomic E-state index is 13.1. The van der Waals surface area contributed by atoms with Crippen LogP contribution in [0.1, 0.15) is 43.1 Å². The summed E-state index contributed by atoms with van der Waals surface area (Å²) in [6, 6.07) is 7.20. The molecule has 9 nitrogen and oxygen atoms in total. The van der Waals surface area contributed by atoms with Crippen LogP contribution in [-0.2, 0) is 11.3 Å². The van der Waals surface area contributed by atoms with Gasteiger partial charge in [-0.2, -0.15) is 0 Å². The lowest BCUT2D eigenvalue weighted by molar-refractivity contribution is 0.0688. The fourth-order valence-corrected chi connectivity index (χ4v) is 5.33. The van der Waals surface area contributed by atoms with E-state index >= 15 is 0 Å². The van der Waals surface area contributed by atoms with E-state index in [0.29, 0.717) is 39.4 Å². The number of ether oxygens (including phenoxy) is 2. The fourth-order valence-electron chi connectivity index (χ4n) is 4.19. The summed E-state index contributed by atoms with van der Waals surface area (Å²) in [6.07, 6.45) is -0.752. The standard InChI is InChI=1S/C22H20N4O5S/c1-9-6-10(8-30-2)14-16-18(32-21(14)23-9)20(27)26-19(25-16)15-12-5-4-11(31-3)7-13(12)24-17(15)22(28)29/h4-7,19,24-25H,8H2,1-3H3,(H,26,27)(H,28,29)/t19-/m1/s1.